The van der Waals surface area contributed by atoms with Gasteiger partial charge in [-0.05, 0) is 37.6 Å². The summed E-state index contributed by atoms with van der Waals surface area (Å²) in [6.07, 6.45) is 2.52. The predicted molar refractivity (Wildman–Crippen MR) is 101 cm³/mol. The van der Waals surface area contributed by atoms with Gasteiger partial charge < -0.3 is 5.32 Å². The lowest BCUT2D eigenvalue weighted by Gasteiger charge is -2.34. The SMILES string of the molecule is Clc1ccccc1CN1CCC(NC2CSCCSC2)CC1. The molecule has 0 radical (unpaired) electrons. The van der Waals surface area contributed by atoms with Crippen LogP contribution in [0.5, 0.6) is 0 Å². The molecule has 2 aliphatic heterocycles. The van der Waals surface area contributed by atoms with Crippen LogP contribution in [0.3, 0.4) is 0 Å². The average Bonchev–Trinajstić information content (AvgIpc) is 2.80. The Morgan fingerprint density at radius 2 is 1.73 bits per heavy atom. The zero-order chi connectivity index (χ0) is 15.2. The fourth-order valence-corrected chi connectivity index (χ4v) is 5.79. The van der Waals surface area contributed by atoms with Crippen LogP contribution < -0.4 is 5.32 Å². The van der Waals surface area contributed by atoms with E-state index in [-0.39, 0.29) is 0 Å². The van der Waals surface area contributed by atoms with Crippen molar-refractivity contribution < 1.29 is 0 Å². The molecule has 1 aromatic rings. The Morgan fingerprint density at radius 3 is 2.41 bits per heavy atom. The Morgan fingerprint density at radius 1 is 1.05 bits per heavy atom. The molecule has 2 aliphatic rings. The van der Waals surface area contributed by atoms with Gasteiger partial charge in [0.15, 0.2) is 0 Å². The first-order valence-corrected chi connectivity index (χ1v) is 10.9. The van der Waals surface area contributed by atoms with Crippen LogP contribution in [0.4, 0.5) is 0 Å². The summed E-state index contributed by atoms with van der Waals surface area (Å²) in [4.78, 5) is 2.54. The van der Waals surface area contributed by atoms with E-state index in [4.69, 9.17) is 11.6 Å². The van der Waals surface area contributed by atoms with Crippen molar-refractivity contribution in [2.24, 2.45) is 0 Å². The van der Waals surface area contributed by atoms with Crippen LogP contribution >= 0.6 is 35.1 Å². The smallest absolute Gasteiger partial charge is 0.0451 e. The Kier molecular flexibility index (Phi) is 6.82. The lowest BCUT2D eigenvalue weighted by Crippen LogP contribution is -2.47. The summed E-state index contributed by atoms with van der Waals surface area (Å²) in [5.74, 6) is 5.21. The number of hydrogen-bond acceptors (Lipinski definition) is 4. The number of rotatable bonds is 4. The summed E-state index contributed by atoms with van der Waals surface area (Å²) in [6, 6.07) is 9.63. The number of thioether (sulfide) groups is 2. The second-order valence-electron chi connectivity index (χ2n) is 6.16. The molecule has 2 fully saturated rings. The van der Waals surface area contributed by atoms with Gasteiger partial charge in [0.25, 0.3) is 0 Å². The highest BCUT2D eigenvalue weighted by Gasteiger charge is 2.22. The molecule has 0 bridgehead atoms. The maximum Gasteiger partial charge on any atom is 0.0451 e. The first kappa shape index (κ1) is 17.0. The Bertz CT molecular complexity index is 456. The van der Waals surface area contributed by atoms with Gasteiger partial charge in [-0.25, -0.2) is 0 Å². The van der Waals surface area contributed by atoms with Gasteiger partial charge in [-0.1, -0.05) is 29.8 Å². The molecule has 0 unspecified atom stereocenters. The maximum atomic E-state index is 6.27. The van der Waals surface area contributed by atoms with Gasteiger partial charge in [-0.3, -0.25) is 4.90 Å². The van der Waals surface area contributed by atoms with Crippen molar-refractivity contribution in [1.82, 2.24) is 10.2 Å². The lowest BCUT2D eigenvalue weighted by molar-refractivity contribution is 0.187. The number of hydrogen-bond donors (Lipinski definition) is 1. The number of nitrogens with one attached hydrogen (secondary N) is 1. The first-order chi connectivity index (χ1) is 10.8. The largest absolute Gasteiger partial charge is 0.309 e. The van der Waals surface area contributed by atoms with Crippen LogP contribution in [-0.4, -0.2) is 53.1 Å². The number of nitrogens with zero attached hydrogens (tertiary/aromatic N) is 1. The summed E-state index contributed by atoms with van der Waals surface area (Å²) in [7, 11) is 0. The molecule has 3 rings (SSSR count). The summed E-state index contributed by atoms with van der Waals surface area (Å²) < 4.78 is 0. The molecule has 2 nitrogen and oxygen atoms in total. The highest BCUT2D eigenvalue weighted by molar-refractivity contribution is 8.03. The maximum absolute atomic E-state index is 6.27. The van der Waals surface area contributed by atoms with Crippen molar-refractivity contribution in [1.29, 1.82) is 0 Å². The van der Waals surface area contributed by atoms with Gasteiger partial charge in [0.05, 0.1) is 0 Å². The molecule has 122 valence electrons. The van der Waals surface area contributed by atoms with Crippen LogP contribution in [0.15, 0.2) is 24.3 Å². The van der Waals surface area contributed by atoms with E-state index >= 15 is 0 Å². The van der Waals surface area contributed by atoms with Crippen molar-refractivity contribution in [3.63, 3.8) is 0 Å². The normalized spacial score (nSPS) is 22.6. The second-order valence-corrected chi connectivity index (χ2v) is 8.86. The van der Waals surface area contributed by atoms with Crippen LogP contribution in [0.1, 0.15) is 18.4 Å². The summed E-state index contributed by atoms with van der Waals surface area (Å²) in [5, 5.41) is 4.80. The zero-order valence-corrected chi connectivity index (χ0v) is 15.4. The van der Waals surface area contributed by atoms with E-state index in [1.54, 1.807) is 0 Å². The van der Waals surface area contributed by atoms with Crippen LogP contribution in [0.2, 0.25) is 5.02 Å². The van der Waals surface area contributed by atoms with Crippen LogP contribution in [-0.2, 0) is 6.54 Å². The lowest BCUT2D eigenvalue weighted by atomic mass is 10.0. The third-order valence-electron chi connectivity index (χ3n) is 4.42. The molecule has 0 aromatic heterocycles. The highest BCUT2D eigenvalue weighted by atomic mass is 35.5. The van der Waals surface area contributed by atoms with Crippen molar-refractivity contribution >= 4 is 35.1 Å². The molecule has 0 saturated carbocycles. The molecule has 22 heavy (non-hydrogen) atoms. The molecular weight excluding hydrogens is 332 g/mol. The molecule has 1 aromatic carbocycles. The molecule has 0 aliphatic carbocycles. The second kappa shape index (κ2) is 8.84. The molecule has 1 N–H and O–H groups in total. The molecule has 2 heterocycles. The minimum atomic E-state index is 0.701. The highest BCUT2D eigenvalue weighted by Crippen LogP contribution is 2.21. The van der Waals surface area contributed by atoms with Crippen molar-refractivity contribution in [3.05, 3.63) is 34.9 Å². The van der Waals surface area contributed by atoms with Gasteiger partial charge in [-0.2, -0.15) is 23.5 Å². The summed E-state index contributed by atoms with van der Waals surface area (Å²) in [6.45, 7) is 3.34. The van der Waals surface area contributed by atoms with E-state index in [0.29, 0.717) is 12.1 Å². The molecule has 5 heteroatoms. The number of benzene rings is 1. The van der Waals surface area contributed by atoms with E-state index in [1.165, 1.54) is 54.5 Å². The quantitative estimate of drug-likeness (QED) is 0.883. The van der Waals surface area contributed by atoms with Gasteiger partial charge in [-0.15, -0.1) is 0 Å². The standard InChI is InChI=1S/C17H25ClN2S2/c18-17-4-2-1-3-14(17)11-20-7-5-15(6-8-20)19-16-12-21-9-10-22-13-16/h1-4,15-16,19H,5-13H2. The number of likely N-dealkylation sites (tertiary alicyclic amines) is 1. The average molecular weight is 357 g/mol. The van der Waals surface area contributed by atoms with E-state index in [1.807, 2.05) is 12.1 Å². The minimum Gasteiger partial charge on any atom is -0.309 e. The Balaban J connectivity index is 1.43. The van der Waals surface area contributed by atoms with E-state index < -0.39 is 0 Å². The molecule has 0 atom stereocenters. The zero-order valence-electron chi connectivity index (χ0n) is 13.0. The molecule has 2 saturated heterocycles. The van der Waals surface area contributed by atoms with Crippen molar-refractivity contribution in [3.8, 4) is 0 Å². The van der Waals surface area contributed by atoms with Crippen LogP contribution in [0.25, 0.3) is 0 Å². The number of piperidine rings is 1. The number of halogens is 1. The van der Waals surface area contributed by atoms with E-state index in [9.17, 15) is 0 Å². The molecular formula is C17H25ClN2S2. The fourth-order valence-electron chi connectivity index (χ4n) is 3.17. The summed E-state index contributed by atoms with van der Waals surface area (Å²) in [5.41, 5.74) is 1.26. The van der Waals surface area contributed by atoms with Gasteiger partial charge >= 0.3 is 0 Å². The van der Waals surface area contributed by atoms with Crippen LogP contribution in [0, 0.1) is 0 Å². The third-order valence-corrected chi connectivity index (χ3v) is 7.31. The first-order valence-electron chi connectivity index (χ1n) is 8.18. The van der Waals surface area contributed by atoms with Crippen molar-refractivity contribution in [2.45, 2.75) is 31.5 Å². The topological polar surface area (TPSA) is 15.3 Å². The van der Waals surface area contributed by atoms with E-state index in [0.717, 1.165) is 11.6 Å². The van der Waals surface area contributed by atoms with Gasteiger partial charge in [0.2, 0.25) is 0 Å². The van der Waals surface area contributed by atoms with E-state index in [2.05, 4.69) is 45.9 Å². The Labute approximate surface area is 147 Å². The van der Waals surface area contributed by atoms with Crippen molar-refractivity contribution in [2.75, 3.05) is 36.1 Å². The summed E-state index contributed by atoms with van der Waals surface area (Å²) >= 11 is 10.5. The molecule has 0 amide bonds. The third kappa shape index (κ3) is 5.07. The molecule has 0 spiro atoms. The monoisotopic (exact) mass is 356 g/mol. The van der Waals surface area contributed by atoms with Gasteiger partial charge in [0, 0.05) is 46.7 Å². The minimum absolute atomic E-state index is 0.701. The van der Waals surface area contributed by atoms with Gasteiger partial charge in [0.1, 0.15) is 0 Å². The predicted octanol–water partition coefficient (Wildman–Crippen LogP) is 3.74. The Hall–Kier alpha value is 0.130. The fraction of sp³-hybridized carbons (Fsp3) is 0.647.